The molecule has 3 aliphatic rings. The van der Waals surface area contributed by atoms with Crippen molar-refractivity contribution < 1.29 is 23.5 Å². The molecule has 43 heavy (non-hydrogen) atoms. The van der Waals surface area contributed by atoms with Crippen molar-refractivity contribution in [3.63, 3.8) is 0 Å². The summed E-state index contributed by atoms with van der Waals surface area (Å²) in [4.78, 5) is 32.0. The van der Waals surface area contributed by atoms with Crippen LogP contribution >= 0.6 is 45.2 Å². The lowest BCUT2D eigenvalue weighted by molar-refractivity contribution is -0.151. The second kappa shape index (κ2) is 11.8. The van der Waals surface area contributed by atoms with Crippen LogP contribution in [0.2, 0.25) is 18.6 Å². The predicted molar refractivity (Wildman–Crippen MR) is 184 cm³/mol. The summed E-state index contributed by atoms with van der Waals surface area (Å²) in [5, 5.41) is 10.2. The van der Waals surface area contributed by atoms with E-state index in [1.54, 1.807) is 22.9 Å². The molecule has 5 atom stereocenters. The lowest BCUT2D eigenvalue weighted by Crippen LogP contribution is -2.48. The number of amides is 2. The number of carbonyl (C=O) groups excluding carboxylic acids is 2. The third kappa shape index (κ3) is 5.48. The highest BCUT2D eigenvalue weighted by atomic mass is 127. The van der Waals surface area contributed by atoms with E-state index in [9.17, 15) is 14.7 Å². The molecule has 226 valence electrons. The van der Waals surface area contributed by atoms with E-state index < -0.39 is 31.6 Å². The summed E-state index contributed by atoms with van der Waals surface area (Å²) in [5.41, 5.74) is 2.74. The maximum atomic E-state index is 16.3. The average molecular weight is 825 g/mol. The molecule has 1 spiro atoms. The summed E-state index contributed by atoms with van der Waals surface area (Å²) in [6, 6.07) is 21.6. The van der Waals surface area contributed by atoms with Crippen molar-refractivity contribution in [3.05, 3.63) is 96.1 Å². The molecule has 0 saturated carbocycles. The van der Waals surface area contributed by atoms with Crippen molar-refractivity contribution >= 4 is 71.1 Å². The van der Waals surface area contributed by atoms with Gasteiger partial charge in [-0.3, -0.25) is 9.59 Å². The molecule has 3 aliphatic heterocycles. The van der Waals surface area contributed by atoms with E-state index in [4.69, 9.17) is 4.74 Å². The predicted octanol–water partition coefficient (Wildman–Crippen LogP) is 6.55. The van der Waals surface area contributed by atoms with Crippen molar-refractivity contribution in [1.82, 2.24) is 4.90 Å². The third-order valence-electron chi connectivity index (χ3n) is 9.44. The van der Waals surface area contributed by atoms with Gasteiger partial charge in [0.05, 0.1) is 37.4 Å². The van der Waals surface area contributed by atoms with E-state index in [0.29, 0.717) is 19.5 Å². The molecule has 2 amide bonds. The topological polar surface area (TPSA) is 70.1 Å². The molecule has 1 fully saturated rings. The first-order chi connectivity index (χ1) is 20.4. The van der Waals surface area contributed by atoms with Gasteiger partial charge in [0.25, 0.3) is 5.91 Å². The summed E-state index contributed by atoms with van der Waals surface area (Å²) in [6.07, 6.45) is -0.243. The zero-order valence-electron chi connectivity index (χ0n) is 24.4. The van der Waals surface area contributed by atoms with Crippen LogP contribution in [0.4, 0.5) is 9.80 Å². The second-order valence-electron chi connectivity index (χ2n) is 12.5. The summed E-state index contributed by atoms with van der Waals surface area (Å²) in [7, 11) is -3.43. The van der Waals surface area contributed by atoms with Crippen molar-refractivity contribution in [1.29, 1.82) is 0 Å². The number of anilines is 1. The van der Waals surface area contributed by atoms with E-state index in [-0.39, 0.29) is 30.9 Å². The molecular formula is C33H35FI2N2O4Si. The number of ether oxygens (including phenoxy) is 1. The van der Waals surface area contributed by atoms with E-state index >= 15 is 4.11 Å². The van der Waals surface area contributed by atoms with Crippen molar-refractivity contribution in [2.45, 2.75) is 69.2 Å². The largest absolute Gasteiger partial charge is 0.394 e. The summed E-state index contributed by atoms with van der Waals surface area (Å²) >= 11 is 4.50. The molecule has 3 heterocycles. The molecular weight excluding hydrogens is 789 g/mol. The van der Waals surface area contributed by atoms with Crippen LogP contribution in [0.5, 0.6) is 0 Å². The lowest BCUT2D eigenvalue weighted by atomic mass is 9.82. The Morgan fingerprint density at radius 1 is 1.07 bits per heavy atom. The van der Waals surface area contributed by atoms with Crippen molar-refractivity contribution in [3.8, 4) is 0 Å². The third-order valence-corrected chi connectivity index (χ3v) is 13.3. The Hall–Kier alpha value is -1.87. The van der Waals surface area contributed by atoms with Gasteiger partial charge in [0.1, 0.15) is 0 Å². The molecule has 0 radical (unpaired) electrons. The molecule has 3 aromatic carbocycles. The van der Waals surface area contributed by atoms with Crippen LogP contribution < -0.4 is 4.90 Å². The van der Waals surface area contributed by atoms with Crippen LogP contribution in [0, 0.1) is 13.1 Å². The molecule has 0 aromatic heterocycles. The van der Waals surface area contributed by atoms with Gasteiger partial charge >= 0.3 is 0 Å². The maximum Gasteiger partial charge on any atom is 0.264 e. The Kier molecular flexibility index (Phi) is 8.55. The van der Waals surface area contributed by atoms with Gasteiger partial charge in [-0.25, -0.2) is 0 Å². The number of hydrogen-bond donors (Lipinski definition) is 1. The van der Waals surface area contributed by atoms with E-state index in [2.05, 4.69) is 45.2 Å². The molecule has 0 aliphatic carbocycles. The number of aliphatic hydroxyl groups excluding tert-OH is 1. The Morgan fingerprint density at radius 2 is 1.74 bits per heavy atom. The van der Waals surface area contributed by atoms with Gasteiger partial charge in [-0.2, -0.15) is 0 Å². The Morgan fingerprint density at radius 3 is 2.42 bits per heavy atom. The number of halogens is 3. The lowest BCUT2D eigenvalue weighted by Gasteiger charge is -2.37. The number of nitrogens with zero attached hydrogens (tertiary/aromatic N) is 2. The van der Waals surface area contributed by atoms with Gasteiger partial charge in [0.15, 0.2) is 5.60 Å². The first-order valence-electron chi connectivity index (χ1n) is 14.6. The minimum atomic E-state index is -3.43. The first kappa shape index (κ1) is 31.1. The Balaban J connectivity index is 1.35. The fourth-order valence-corrected chi connectivity index (χ4v) is 10.8. The molecule has 1 saturated heterocycles. The molecule has 3 aromatic rings. The van der Waals surface area contributed by atoms with E-state index in [0.717, 1.165) is 35.1 Å². The van der Waals surface area contributed by atoms with Crippen LogP contribution in [0.25, 0.3) is 0 Å². The Labute approximate surface area is 280 Å². The van der Waals surface area contributed by atoms with Crippen LogP contribution in [-0.2, 0) is 39.4 Å². The number of fused-ring (bicyclic) bond motifs is 3. The number of rotatable bonds is 6. The number of benzene rings is 3. The van der Waals surface area contributed by atoms with Gasteiger partial charge in [-0.05, 0) is 112 Å². The monoisotopic (exact) mass is 824 g/mol. The molecule has 0 bridgehead atoms. The van der Waals surface area contributed by atoms with Gasteiger partial charge in [0.2, 0.25) is 14.3 Å². The normalized spacial score (nSPS) is 26.6. The summed E-state index contributed by atoms with van der Waals surface area (Å²) in [6.45, 7) is 5.83. The summed E-state index contributed by atoms with van der Waals surface area (Å²) < 4.78 is 25.2. The number of carbonyl (C=O) groups is 2. The van der Waals surface area contributed by atoms with Crippen LogP contribution in [0.1, 0.15) is 35.6 Å². The number of aliphatic hydroxyl groups is 1. The fraction of sp³-hybridized carbons (Fsp3) is 0.394. The summed E-state index contributed by atoms with van der Waals surface area (Å²) in [5.74, 6) is -0.858. The molecule has 0 unspecified atom stereocenters. The molecule has 1 N–H and O–H groups in total. The van der Waals surface area contributed by atoms with Gasteiger partial charge in [0, 0.05) is 30.7 Å². The smallest absolute Gasteiger partial charge is 0.264 e. The minimum Gasteiger partial charge on any atom is -0.394 e. The quantitative estimate of drug-likeness (QED) is 0.174. The SMILES string of the molecule is C[C@H]1[C@H]([Si](C)(C)F)[C@@H](CC(=O)N2Cc3ccccc3C[C@H]2CO)O[C@]12C(=O)N(Cc1ccc(I)cc1)c1ccc(I)cc12. The van der Waals surface area contributed by atoms with E-state index in [1.807, 2.05) is 73.7 Å². The molecule has 6 rings (SSSR count). The number of hydrogen-bond acceptors (Lipinski definition) is 4. The highest BCUT2D eigenvalue weighted by molar-refractivity contribution is 14.1. The zero-order valence-corrected chi connectivity index (χ0v) is 29.7. The van der Waals surface area contributed by atoms with Gasteiger partial charge in [-0.1, -0.05) is 43.3 Å². The highest BCUT2D eigenvalue weighted by Gasteiger charge is 2.67. The molecule has 6 nitrogen and oxygen atoms in total. The Bertz CT molecular complexity index is 1570. The average Bonchev–Trinajstić information content (AvgIpc) is 3.39. The van der Waals surface area contributed by atoms with Crippen LogP contribution in [-0.4, -0.2) is 49.0 Å². The second-order valence-corrected chi connectivity index (χ2v) is 18.8. The van der Waals surface area contributed by atoms with Crippen LogP contribution in [0.3, 0.4) is 0 Å². The standard InChI is InChI=1S/C33H35FI2N2O4Si/c1-20-31(43(2,3)34)29(16-30(40)37-18-23-7-5-4-6-22(23)14-26(37)19-39)42-33(20)27-15-25(36)12-13-28(27)38(32(33)41)17-21-8-10-24(35)11-9-21/h4-13,15,20,26,29,31,39H,14,16-19H2,1-3H3/t20-,26-,29+,31-,33+/m0/s1. The molecule has 10 heteroatoms. The van der Waals surface area contributed by atoms with E-state index in [1.165, 1.54) is 0 Å². The minimum absolute atomic E-state index is 0.0422. The van der Waals surface area contributed by atoms with Gasteiger partial charge in [-0.15, -0.1) is 0 Å². The van der Waals surface area contributed by atoms with Crippen molar-refractivity contribution in [2.75, 3.05) is 11.5 Å². The highest BCUT2D eigenvalue weighted by Crippen LogP contribution is 2.60. The maximum absolute atomic E-state index is 16.3. The van der Waals surface area contributed by atoms with Crippen molar-refractivity contribution in [2.24, 2.45) is 5.92 Å². The first-order valence-corrected chi connectivity index (χ1v) is 19.8. The zero-order chi connectivity index (χ0) is 30.7. The van der Waals surface area contributed by atoms with Crippen LogP contribution in [0.15, 0.2) is 66.7 Å². The van der Waals surface area contributed by atoms with Gasteiger partial charge < -0.3 is 23.8 Å². The fourth-order valence-electron chi connectivity index (χ4n) is 7.48.